The lowest BCUT2D eigenvalue weighted by atomic mass is 10.1. The second-order valence-corrected chi connectivity index (χ2v) is 3.28. The lowest BCUT2D eigenvalue weighted by Crippen LogP contribution is -2.13. The molecule has 0 saturated carbocycles. The number of hydrogen-bond donors (Lipinski definition) is 1. The maximum Gasteiger partial charge on any atom is 0.125 e. The highest BCUT2D eigenvalue weighted by Crippen LogP contribution is 2.26. The van der Waals surface area contributed by atoms with Crippen LogP contribution in [-0.4, -0.2) is 19.2 Å². The smallest absolute Gasteiger partial charge is 0.125 e. The van der Waals surface area contributed by atoms with Gasteiger partial charge in [-0.25, -0.2) is 4.39 Å². The van der Waals surface area contributed by atoms with E-state index in [9.17, 15) is 9.50 Å². The molecule has 0 aliphatic heterocycles. The molecule has 0 aliphatic carbocycles. The highest BCUT2D eigenvalue weighted by atomic mass is 19.1. The highest BCUT2D eigenvalue weighted by Gasteiger charge is 2.11. The molecule has 1 atom stereocenters. The number of aliphatic hydroxyl groups is 1. The molecule has 1 rings (SSSR count). The number of hydrogen-bond acceptors (Lipinski definition) is 2. The zero-order valence-corrected chi connectivity index (χ0v) is 8.37. The largest absolute Gasteiger partial charge is 0.384 e. The molecule has 1 aromatic carbocycles. The van der Waals surface area contributed by atoms with Crippen LogP contribution in [0.3, 0.4) is 0 Å². The van der Waals surface area contributed by atoms with Crippen LogP contribution in [0.1, 0.15) is 11.7 Å². The van der Waals surface area contributed by atoms with Gasteiger partial charge in [-0.05, 0) is 12.1 Å². The van der Waals surface area contributed by atoms with Crippen molar-refractivity contribution in [1.29, 1.82) is 0 Å². The minimum atomic E-state index is -0.756. The number of anilines is 1. The van der Waals surface area contributed by atoms with Gasteiger partial charge >= 0.3 is 0 Å². The van der Waals surface area contributed by atoms with Gasteiger partial charge in [-0.1, -0.05) is 12.1 Å². The van der Waals surface area contributed by atoms with Gasteiger partial charge in [0, 0.05) is 25.3 Å². The van der Waals surface area contributed by atoms with Gasteiger partial charge in [-0.15, -0.1) is 6.58 Å². The molecule has 3 heteroatoms. The first-order valence-corrected chi connectivity index (χ1v) is 4.33. The average molecular weight is 195 g/mol. The normalized spacial score (nSPS) is 12.3. The van der Waals surface area contributed by atoms with E-state index in [1.807, 2.05) is 0 Å². The summed E-state index contributed by atoms with van der Waals surface area (Å²) in [6, 6.07) is 4.29. The third-order valence-corrected chi connectivity index (χ3v) is 2.02. The van der Waals surface area contributed by atoms with Crippen LogP contribution in [0.15, 0.2) is 30.9 Å². The Morgan fingerprint density at radius 1 is 1.50 bits per heavy atom. The van der Waals surface area contributed by atoms with Crippen LogP contribution < -0.4 is 4.90 Å². The number of nitrogens with zero attached hydrogens (tertiary/aromatic N) is 1. The van der Waals surface area contributed by atoms with Gasteiger partial charge < -0.3 is 10.0 Å². The Morgan fingerprint density at radius 3 is 2.64 bits per heavy atom. The molecule has 0 fully saturated rings. The van der Waals surface area contributed by atoms with E-state index in [0.717, 1.165) is 0 Å². The zero-order valence-electron chi connectivity index (χ0n) is 8.37. The third-order valence-electron chi connectivity index (χ3n) is 2.02. The monoisotopic (exact) mass is 195 g/mol. The van der Waals surface area contributed by atoms with Crippen LogP contribution in [0.2, 0.25) is 0 Å². The van der Waals surface area contributed by atoms with Crippen molar-refractivity contribution in [2.75, 3.05) is 19.0 Å². The van der Waals surface area contributed by atoms with Crippen LogP contribution >= 0.6 is 0 Å². The fourth-order valence-electron chi connectivity index (χ4n) is 1.28. The Balaban J connectivity index is 3.21. The second-order valence-electron chi connectivity index (χ2n) is 3.28. The van der Waals surface area contributed by atoms with E-state index in [2.05, 4.69) is 6.58 Å². The summed E-state index contributed by atoms with van der Waals surface area (Å²) in [5.41, 5.74) is 1.32. The molecule has 2 nitrogen and oxygen atoms in total. The predicted molar refractivity (Wildman–Crippen MR) is 55.9 cm³/mol. The van der Waals surface area contributed by atoms with E-state index in [4.69, 9.17) is 0 Å². The zero-order chi connectivity index (χ0) is 10.7. The summed E-state index contributed by atoms with van der Waals surface area (Å²) >= 11 is 0. The summed E-state index contributed by atoms with van der Waals surface area (Å²) in [6.07, 6.45) is 0.660. The predicted octanol–water partition coefficient (Wildman–Crippen LogP) is 2.11. The Bertz CT molecular complexity index is 336. The molecule has 14 heavy (non-hydrogen) atoms. The summed E-state index contributed by atoms with van der Waals surface area (Å²) in [4.78, 5) is 1.76. The molecular weight excluding hydrogens is 181 g/mol. The van der Waals surface area contributed by atoms with Crippen molar-refractivity contribution in [3.63, 3.8) is 0 Å². The fraction of sp³-hybridized carbons (Fsp3) is 0.273. The number of benzene rings is 1. The van der Waals surface area contributed by atoms with Gasteiger partial charge in [0.1, 0.15) is 5.82 Å². The molecule has 0 radical (unpaired) electrons. The molecule has 0 amide bonds. The van der Waals surface area contributed by atoms with Crippen molar-refractivity contribution in [3.05, 3.63) is 42.2 Å². The first-order valence-electron chi connectivity index (χ1n) is 4.33. The maximum absolute atomic E-state index is 12.9. The molecule has 0 aliphatic rings. The topological polar surface area (TPSA) is 23.5 Å². The Kier molecular flexibility index (Phi) is 3.25. The average Bonchev–Trinajstić information content (AvgIpc) is 2.16. The first kappa shape index (κ1) is 10.7. The van der Waals surface area contributed by atoms with Crippen molar-refractivity contribution in [3.8, 4) is 0 Å². The molecule has 1 aromatic rings. The minimum absolute atomic E-state index is 0.311. The molecule has 0 saturated heterocycles. The molecule has 0 heterocycles. The summed E-state index contributed by atoms with van der Waals surface area (Å²) < 4.78 is 12.9. The number of aliphatic hydroxyl groups excluding tert-OH is 1. The van der Waals surface area contributed by atoms with E-state index in [1.54, 1.807) is 25.1 Å². The van der Waals surface area contributed by atoms with E-state index in [1.165, 1.54) is 18.2 Å². The highest BCUT2D eigenvalue weighted by molar-refractivity contribution is 5.54. The van der Waals surface area contributed by atoms with Crippen molar-refractivity contribution in [2.24, 2.45) is 0 Å². The summed E-state index contributed by atoms with van der Waals surface area (Å²) in [5, 5.41) is 9.58. The third kappa shape index (κ3) is 2.12. The van der Waals surface area contributed by atoms with Crippen LogP contribution in [0, 0.1) is 5.82 Å². The van der Waals surface area contributed by atoms with Crippen molar-refractivity contribution in [2.45, 2.75) is 6.10 Å². The molecule has 0 bridgehead atoms. The Hall–Kier alpha value is -1.35. The van der Waals surface area contributed by atoms with E-state index in [-0.39, 0.29) is 5.82 Å². The summed E-state index contributed by atoms with van der Waals surface area (Å²) in [5.74, 6) is -0.311. The molecule has 1 unspecified atom stereocenters. The van der Waals surface area contributed by atoms with E-state index < -0.39 is 6.10 Å². The van der Waals surface area contributed by atoms with Crippen molar-refractivity contribution in [1.82, 2.24) is 0 Å². The van der Waals surface area contributed by atoms with Crippen LogP contribution in [0.5, 0.6) is 0 Å². The van der Waals surface area contributed by atoms with E-state index >= 15 is 0 Å². The Labute approximate surface area is 83.3 Å². The minimum Gasteiger partial charge on any atom is -0.384 e. The number of halogens is 1. The molecule has 0 aromatic heterocycles. The quantitative estimate of drug-likeness (QED) is 0.747. The second kappa shape index (κ2) is 4.24. The van der Waals surface area contributed by atoms with Gasteiger partial charge in [0.2, 0.25) is 0 Å². The van der Waals surface area contributed by atoms with Gasteiger partial charge in [0.25, 0.3) is 0 Å². The lowest BCUT2D eigenvalue weighted by molar-refractivity contribution is 0.229. The first-order chi connectivity index (χ1) is 6.56. The molecule has 0 spiro atoms. The lowest BCUT2D eigenvalue weighted by Gasteiger charge is -2.19. The van der Waals surface area contributed by atoms with E-state index in [0.29, 0.717) is 11.3 Å². The fourth-order valence-corrected chi connectivity index (χ4v) is 1.28. The van der Waals surface area contributed by atoms with Crippen LogP contribution in [0.4, 0.5) is 10.1 Å². The number of rotatable bonds is 3. The SMILES string of the molecule is C=CC(O)c1ccc(F)cc1N(C)C. The van der Waals surface area contributed by atoms with Crippen LogP contribution in [0.25, 0.3) is 0 Å². The van der Waals surface area contributed by atoms with Gasteiger partial charge in [0.05, 0.1) is 6.10 Å². The molecule has 76 valence electrons. The molecule has 1 N–H and O–H groups in total. The summed E-state index contributed by atoms with van der Waals surface area (Å²) in [6.45, 7) is 3.50. The summed E-state index contributed by atoms with van der Waals surface area (Å²) in [7, 11) is 3.60. The van der Waals surface area contributed by atoms with Crippen LogP contribution in [-0.2, 0) is 0 Å². The van der Waals surface area contributed by atoms with Gasteiger partial charge in [0.15, 0.2) is 0 Å². The standard InChI is InChI=1S/C11H14FNO/c1-4-11(14)9-6-5-8(12)7-10(9)13(2)3/h4-7,11,14H,1H2,2-3H3. The van der Waals surface area contributed by atoms with Gasteiger partial charge in [-0.3, -0.25) is 0 Å². The van der Waals surface area contributed by atoms with Crippen molar-refractivity contribution < 1.29 is 9.50 Å². The molecular formula is C11H14FNO. The van der Waals surface area contributed by atoms with Crippen molar-refractivity contribution >= 4 is 5.69 Å². The van der Waals surface area contributed by atoms with Gasteiger partial charge in [-0.2, -0.15) is 0 Å². The maximum atomic E-state index is 12.9. The Morgan fingerprint density at radius 2 is 2.14 bits per heavy atom.